The number of fused-ring (bicyclic) bond motifs is 1. The molecule has 0 atom stereocenters. The number of rotatable bonds is 1. The van der Waals surface area contributed by atoms with Gasteiger partial charge in [0, 0.05) is 16.7 Å². The molecule has 0 saturated carbocycles. The Morgan fingerprint density at radius 3 is 2.74 bits per heavy atom. The molecule has 8 heteroatoms. The van der Waals surface area contributed by atoms with E-state index in [2.05, 4.69) is 25.9 Å². The molecular formula is C11H13BrN4O2S. The van der Waals surface area contributed by atoms with Gasteiger partial charge in [-0.3, -0.25) is 4.57 Å². The second-order valence-electron chi connectivity index (χ2n) is 4.72. The van der Waals surface area contributed by atoms with E-state index >= 15 is 0 Å². The average Bonchev–Trinajstić information content (AvgIpc) is 2.65. The van der Waals surface area contributed by atoms with Crippen LogP contribution in [0.15, 0.2) is 16.7 Å². The van der Waals surface area contributed by atoms with Crippen molar-refractivity contribution in [3.63, 3.8) is 0 Å². The summed E-state index contributed by atoms with van der Waals surface area (Å²) in [5, 5.41) is 0. The van der Waals surface area contributed by atoms with Crippen LogP contribution in [-0.2, 0) is 9.84 Å². The lowest BCUT2D eigenvalue weighted by Crippen LogP contribution is -2.26. The number of imidazole rings is 1. The zero-order valence-corrected chi connectivity index (χ0v) is 12.5. The van der Waals surface area contributed by atoms with E-state index in [0.29, 0.717) is 24.4 Å². The number of nitrogen functional groups attached to an aromatic ring is 1. The molecule has 0 aromatic carbocycles. The summed E-state index contributed by atoms with van der Waals surface area (Å²) in [5.41, 5.74) is 7.38. The van der Waals surface area contributed by atoms with Crippen LogP contribution in [0.5, 0.6) is 0 Å². The molecule has 3 rings (SSSR count). The van der Waals surface area contributed by atoms with Gasteiger partial charge in [-0.2, -0.15) is 0 Å². The first kappa shape index (κ1) is 12.9. The van der Waals surface area contributed by atoms with E-state index < -0.39 is 9.84 Å². The lowest BCUT2D eigenvalue weighted by atomic mass is 10.1. The SMILES string of the molecule is Nc1nc2cc(Br)cnc2n1C1CCS(=O)(=O)CC1. The minimum atomic E-state index is -2.88. The Labute approximate surface area is 119 Å². The molecule has 2 aromatic rings. The van der Waals surface area contributed by atoms with Gasteiger partial charge in [0.25, 0.3) is 0 Å². The van der Waals surface area contributed by atoms with Crippen LogP contribution in [-0.4, -0.2) is 34.5 Å². The number of hydrogen-bond acceptors (Lipinski definition) is 5. The predicted molar refractivity (Wildman–Crippen MR) is 76.6 cm³/mol. The van der Waals surface area contributed by atoms with Crippen molar-refractivity contribution in [2.75, 3.05) is 17.2 Å². The van der Waals surface area contributed by atoms with E-state index in [1.807, 2.05) is 10.6 Å². The number of nitrogens with two attached hydrogens (primary N) is 1. The van der Waals surface area contributed by atoms with Gasteiger partial charge >= 0.3 is 0 Å². The second-order valence-corrected chi connectivity index (χ2v) is 7.94. The average molecular weight is 345 g/mol. The van der Waals surface area contributed by atoms with E-state index in [1.54, 1.807) is 6.20 Å². The molecular weight excluding hydrogens is 332 g/mol. The van der Waals surface area contributed by atoms with E-state index in [-0.39, 0.29) is 17.5 Å². The summed E-state index contributed by atoms with van der Waals surface area (Å²) < 4.78 is 25.7. The molecule has 1 fully saturated rings. The predicted octanol–water partition coefficient (Wildman–Crippen LogP) is 1.53. The van der Waals surface area contributed by atoms with E-state index in [4.69, 9.17) is 5.73 Å². The van der Waals surface area contributed by atoms with E-state index in [1.165, 1.54) is 0 Å². The highest BCUT2D eigenvalue weighted by Crippen LogP contribution is 2.30. The Balaban J connectivity index is 2.03. The highest BCUT2D eigenvalue weighted by molar-refractivity contribution is 9.10. The fraction of sp³-hybridized carbons (Fsp3) is 0.455. The van der Waals surface area contributed by atoms with Crippen molar-refractivity contribution in [2.45, 2.75) is 18.9 Å². The molecule has 0 unspecified atom stereocenters. The number of sulfone groups is 1. The summed E-state index contributed by atoms with van der Waals surface area (Å²) >= 11 is 3.35. The second kappa shape index (κ2) is 4.45. The largest absolute Gasteiger partial charge is 0.369 e. The highest BCUT2D eigenvalue weighted by Gasteiger charge is 2.27. The van der Waals surface area contributed by atoms with E-state index in [0.717, 1.165) is 9.99 Å². The summed E-state index contributed by atoms with van der Waals surface area (Å²) in [6.45, 7) is 0. The van der Waals surface area contributed by atoms with Crippen molar-refractivity contribution >= 4 is 42.9 Å². The maximum atomic E-state index is 11.5. The lowest BCUT2D eigenvalue weighted by Gasteiger charge is -2.24. The fourth-order valence-corrected chi connectivity index (χ4v) is 4.26. The molecule has 1 saturated heterocycles. The van der Waals surface area contributed by atoms with Crippen LogP contribution >= 0.6 is 15.9 Å². The molecule has 0 radical (unpaired) electrons. The zero-order chi connectivity index (χ0) is 13.6. The molecule has 2 N–H and O–H groups in total. The summed E-state index contributed by atoms with van der Waals surface area (Å²) in [6, 6.07) is 1.91. The van der Waals surface area contributed by atoms with Gasteiger partial charge in [0.1, 0.15) is 15.4 Å². The van der Waals surface area contributed by atoms with Crippen molar-refractivity contribution in [2.24, 2.45) is 0 Å². The minimum absolute atomic E-state index is 0.0576. The van der Waals surface area contributed by atoms with Crippen molar-refractivity contribution in [1.29, 1.82) is 0 Å². The quantitative estimate of drug-likeness (QED) is 0.846. The molecule has 2 aromatic heterocycles. The third-order valence-corrected chi connectivity index (χ3v) is 5.56. The van der Waals surface area contributed by atoms with Gasteiger partial charge in [-0.15, -0.1) is 0 Å². The first-order valence-electron chi connectivity index (χ1n) is 5.96. The van der Waals surface area contributed by atoms with Gasteiger partial charge in [0.15, 0.2) is 5.65 Å². The Hall–Kier alpha value is -1.15. The normalized spacial score (nSPS) is 19.8. The van der Waals surface area contributed by atoms with Gasteiger partial charge in [0.05, 0.1) is 11.5 Å². The molecule has 102 valence electrons. The standard InChI is InChI=1S/C11H13BrN4O2S/c12-7-5-9-10(14-6-7)16(11(13)15-9)8-1-3-19(17,18)4-2-8/h5-6,8H,1-4H2,(H2,13,15). The molecule has 0 bridgehead atoms. The summed E-state index contributed by atoms with van der Waals surface area (Å²) in [4.78, 5) is 8.62. The Morgan fingerprint density at radius 1 is 1.37 bits per heavy atom. The first-order valence-corrected chi connectivity index (χ1v) is 8.57. The van der Waals surface area contributed by atoms with Crippen molar-refractivity contribution in [1.82, 2.24) is 14.5 Å². The topological polar surface area (TPSA) is 90.9 Å². The number of halogens is 1. The molecule has 0 aliphatic carbocycles. The summed E-state index contributed by atoms with van der Waals surface area (Å²) in [7, 11) is -2.88. The van der Waals surface area contributed by atoms with Gasteiger partial charge in [0.2, 0.25) is 5.95 Å². The fourth-order valence-electron chi connectivity index (χ4n) is 2.47. The monoisotopic (exact) mass is 344 g/mol. The van der Waals surface area contributed by atoms with Crippen LogP contribution in [0.25, 0.3) is 11.2 Å². The zero-order valence-electron chi connectivity index (χ0n) is 10.1. The summed E-state index contributed by atoms with van der Waals surface area (Å²) in [5.74, 6) is 0.797. The van der Waals surface area contributed by atoms with Crippen LogP contribution in [0.1, 0.15) is 18.9 Å². The van der Waals surface area contributed by atoms with E-state index in [9.17, 15) is 8.42 Å². The van der Waals surface area contributed by atoms with Gasteiger partial charge in [-0.25, -0.2) is 18.4 Å². The molecule has 6 nitrogen and oxygen atoms in total. The third kappa shape index (κ3) is 2.34. The molecule has 0 spiro atoms. The van der Waals surface area contributed by atoms with Crippen LogP contribution < -0.4 is 5.73 Å². The van der Waals surface area contributed by atoms with Crippen molar-refractivity contribution in [3.8, 4) is 0 Å². The smallest absolute Gasteiger partial charge is 0.202 e. The number of hydrogen-bond donors (Lipinski definition) is 1. The first-order chi connectivity index (χ1) is 8.96. The summed E-state index contributed by atoms with van der Waals surface area (Å²) in [6.07, 6.45) is 2.82. The lowest BCUT2D eigenvalue weighted by molar-refractivity contribution is 0.461. The molecule has 0 amide bonds. The van der Waals surface area contributed by atoms with Gasteiger partial charge in [-0.1, -0.05) is 0 Å². The van der Waals surface area contributed by atoms with Gasteiger partial charge < -0.3 is 5.73 Å². The third-order valence-electron chi connectivity index (χ3n) is 3.41. The molecule has 1 aliphatic rings. The highest BCUT2D eigenvalue weighted by atomic mass is 79.9. The molecule has 19 heavy (non-hydrogen) atoms. The molecule has 1 aliphatic heterocycles. The Morgan fingerprint density at radius 2 is 2.05 bits per heavy atom. The Bertz CT molecular complexity index is 726. The van der Waals surface area contributed by atoms with Crippen LogP contribution in [0.3, 0.4) is 0 Å². The number of anilines is 1. The number of nitrogens with zero attached hydrogens (tertiary/aromatic N) is 3. The minimum Gasteiger partial charge on any atom is -0.369 e. The van der Waals surface area contributed by atoms with Crippen LogP contribution in [0.2, 0.25) is 0 Å². The van der Waals surface area contributed by atoms with Crippen molar-refractivity contribution < 1.29 is 8.42 Å². The van der Waals surface area contributed by atoms with Crippen molar-refractivity contribution in [3.05, 3.63) is 16.7 Å². The molecule has 3 heterocycles. The van der Waals surface area contributed by atoms with Gasteiger partial charge in [-0.05, 0) is 34.8 Å². The Kier molecular flexibility index (Phi) is 3.01. The van der Waals surface area contributed by atoms with Crippen LogP contribution in [0, 0.1) is 0 Å². The number of aromatic nitrogens is 3. The van der Waals surface area contributed by atoms with Crippen LogP contribution in [0.4, 0.5) is 5.95 Å². The maximum absolute atomic E-state index is 11.5. The maximum Gasteiger partial charge on any atom is 0.202 e. The number of pyridine rings is 1.